The van der Waals surface area contributed by atoms with Crippen molar-refractivity contribution < 1.29 is 4.79 Å². The number of amides is 1. The standard InChI is InChI=1S/C20H27N5O/c1-14(2)22-19(26)18-8-11-21-20(24-18)23-16-4-6-17(7-5-16)25-12-9-15(3)10-13-25/h4-8,11,14-15H,9-10,12-13H2,1-3H3,(H,22,26)(H,21,23,24). The molecule has 0 bridgehead atoms. The predicted octanol–water partition coefficient (Wildman–Crippen LogP) is 3.59. The van der Waals surface area contributed by atoms with E-state index in [-0.39, 0.29) is 11.9 Å². The van der Waals surface area contributed by atoms with Crippen LogP contribution in [-0.2, 0) is 0 Å². The summed E-state index contributed by atoms with van der Waals surface area (Å²) in [7, 11) is 0. The van der Waals surface area contributed by atoms with Gasteiger partial charge in [-0.25, -0.2) is 9.97 Å². The van der Waals surface area contributed by atoms with Crippen LogP contribution in [0.15, 0.2) is 36.5 Å². The molecule has 3 rings (SSSR count). The molecule has 1 aliphatic heterocycles. The van der Waals surface area contributed by atoms with Crippen molar-refractivity contribution in [3.05, 3.63) is 42.2 Å². The van der Waals surface area contributed by atoms with Crippen LogP contribution >= 0.6 is 0 Å². The van der Waals surface area contributed by atoms with Crippen LogP contribution < -0.4 is 15.5 Å². The minimum atomic E-state index is -0.194. The van der Waals surface area contributed by atoms with Crippen LogP contribution in [0.5, 0.6) is 0 Å². The van der Waals surface area contributed by atoms with Crippen molar-refractivity contribution in [3.8, 4) is 0 Å². The monoisotopic (exact) mass is 353 g/mol. The van der Waals surface area contributed by atoms with Gasteiger partial charge in [0.05, 0.1) is 0 Å². The summed E-state index contributed by atoms with van der Waals surface area (Å²) in [5, 5.41) is 6.00. The first kappa shape index (κ1) is 18.2. The Labute approximate surface area is 155 Å². The zero-order valence-corrected chi connectivity index (χ0v) is 15.7. The molecule has 1 fully saturated rings. The Bertz CT molecular complexity index is 736. The van der Waals surface area contributed by atoms with Gasteiger partial charge in [0.15, 0.2) is 0 Å². The third kappa shape index (κ3) is 4.71. The molecule has 0 aliphatic carbocycles. The van der Waals surface area contributed by atoms with Crippen LogP contribution in [0.1, 0.15) is 44.1 Å². The van der Waals surface area contributed by atoms with Gasteiger partial charge < -0.3 is 15.5 Å². The highest BCUT2D eigenvalue weighted by Gasteiger charge is 2.16. The summed E-state index contributed by atoms with van der Waals surface area (Å²) >= 11 is 0. The number of rotatable bonds is 5. The van der Waals surface area contributed by atoms with E-state index in [4.69, 9.17) is 0 Å². The number of hydrogen-bond acceptors (Lipinski definition) is 5. The Kier molecular flexibility index (Phi) is 5.71. The van der Waals surface area contributed by atoms with E-state index in [0.717, 1.165) is 24.7 Å². The fourth-order valence-corrected chi connectivity index (χ4v) is 3.03. The van der Waals surface area contributed by atoms with Crippen LogP contribution in [-0.4, -0.2) is 35.0 Å². The molecule has 2 aromatic rings. The molecule has 1 saturated heterocycles. The number of anilines is 3. The summed E-state index contributed by atoms with van der Waals surface area (Å²) in [6.45, 7) is 8.39. The first-order valence-corrected chi connectivity index (χ1v) is 9.27. The summed E-state index contributed by atoms with van der Waals surface area (Å²) in [6.07, 6.45) is 4.09. The minimum absolute atomic E-state index is 0.0687. The number of piperidine rings is 1. The van der Waals surface area contributed by atoms with Crippen LogP contribution in [0.25, 0.3) is 0 Å². The topological polar surface area (TPSA) is 70.2 Å². The summed E-state index contributed by atoms with van der Waals surface area (Å²) in [6, 6.07) is 9.97. The number of benzene rings is 1. The predicted molar refractivity (Wildman–Crippen MR) is 105 cm³/mol. The second-order valence-corrected chi connectivity index (χ2v) is 7.24. The lowest BCUT2D eigenvalue weighted by molar-refractivity contribution is 0.0938. The number of nitrogens with zero attached hydrogens (tertiary/aromatic N) is 3. The third-order valence-corrected chi connectivity index (χ3v) is 4.58. The van der Waals surface area contributed by atoms with Gasteiger partial charge in [0.25, 0.3) is 5.91 Å². The van der Waals surface area contributed by atoms with Gasteiger partial charge in [-0.05, 0) is 62.9 Å². The van der Waals surface area contributed by atoms with Gasteiger partial charge in [-0.2, -0.15) is 0 Å². The molecule has 2 heterocycles. The van der Waals surface area contributed by atoms with Crippen molar-refractivity contribution in [1.29, 1.82) is 0 Å². The van der Waals surface area contributed by atoms with Gasteiger partial charge in [0.1, 0.15) is 5.69 Å². The molecule has 6 heteroatoms. The lowest BCUT2D eigenvalue weighted by atomic mass is 9.99. The first-order chi connectivity index (χ1) is 12.5. The zero-order valence-electron chi connectivity index (χ0n) is 15.7. The van der Waals surface area contributed by atoms with Gasteiger partial charge in [-0.15, -0.1) is 0 Å². The zero-order chi connectivity index (χ0) is 18.5. The normalized spacial score (nSPS) is 15.2. The van der Waals surface area contributed by atoms with Gasteiger partial charge in [0.2, 0.25) is 5.95 Å². The van der Waals surface area contributed by atoms with E-state index in [0.29, 0.717) is 11.6 Å². The molecular weight excluding hydrogens is 326 g/mol. The molecule has 1 aromatic carbocycles. The molecule has 1 amide bonds. The van der Waals surface area contributed by atoms with E-state index in [9.17, 15) is 4.79 Å². The van der Waals surface area contributed by atoms with E-state index >= 15 is 0 Å². The Hall–Kier alpha value is -2.63. The fraction of sp³-hybridized carbons (Fsp3) is 0.450. The van der Waals surface area contributed by atoms with Crippen molar-refractivity contribution in [2.24, 2.45) is 5.92 Å². The highest BCUT2D eigenvalue weighted by atomic mass is 16.1. The highest BCUT2D eigenvalue weighted by molar-refractivity contribution is 5.92. The SMILES string of the molecule is CC1CCN(c2ccc(Nc3nccc(C(=O)NC(C)C)n3)cc2)CC1. The number of carbonyl (C=O) groups excluding carboxylic acids is 1. The van der Waals surface area contributed by atoms with Crippen LogP contribution in [0, 0.1) is 5.92 Å². The maximum Gasteiger partial charge on any atom is 0.270 e. The Balaban J connectivity index is 1.65. The van der Waals surface area contributed by atoms with E-state index in [1.165, 1.54) is 18.5 Å². The summed E-state index contributed by atoms with van der Waals surface area (Å²) in [5.41, 5.74) is 2.50. The van der Waals surface area contributed by atoms with Gasteiger partial charge >= 0.3 is 0 Å². The second-order valence-electron chi connectivity index (χ2n) is 7.24. The average molecular weight is 353 g/mol. The molecule has 0 spiro atoms. The quantitative estimate of drug-likeness (QED) is 0.859. The number of nitrogens with one attached hydrogen (secondary N) is 2. The fourth-order valence-electron chi connectivity index (χ4n) is 3.03. The molecule has 0 atom stereocenters. The molecule has 26 heavy (non-hydrogen) atoms. The molecule has 2 N–H and O–H groups in total. The molecule has 138 valence electrons. The van der Waals surface area contributed by atoms with Crippen molar-refractivity contribution in [1.82, 2.24) is 15.3 Å². The lowest BCUT2D eigenvalue weighted by Crippen LogP contribution is -2.32. The largest absolute Gasteiger partial charge is 0.372 e. The van der Waals surface area contributed by atoms with Crippen molar-refractivity contribution >= 4 is 23.2 Å². The van der Waals surface area contributed by atoms with E-state index < -0.39 is 0 Å². The van der Waals surface area contributed by atoms with Gasteiger partial charge in [-0.3, -0.25) is 4.79 Å². The van der Waals surface area contributed by atoms with Crippen molar-refractivity contribution in [2.45, 2.75) is 39.7 Å². The summed E-state index contributed by atoms with van der Waals surface area (Å²) in [4.78, 5) is 23.0. The minimum Gasteiger partial charge on any atom is -0.372 e. The van der Waals surface area contributed by atoms with E-state index in [1.807, 2.05) is 26.0 Å². The molecule has 6 nitrogen and oxygen atoms in total. The summed E-state index contributed by atoms with van der Waals surface area (Å²) in [5.74, 6) is 1.05. The maximum atomic E-state index is 12.1. The van der Waals surface area contributed by atoms with Crippen molar-refractivity contribution in [3.63, 3.8) is 0 Å². The molecule has 1 aromatic heterocycles. The van der Waals surface area contributed by atoms with Crippen LogP contribution in [0.3, 0.4) is 0 Å². The molecular formula is C20H27N5O. The summed E-state index contributed by atoms with van der Waals surface area (Å²) < 4.78 is 0. The smallest absolute Gasteiger partial charge is 0.270 e. The number of aromatic nitrogens is 2. The molecule has 1 aliphatic rings. The second kappa shape index (κ2) is 8.17. The Morgan fingerprint density at radius 1 is 1.15 bits per heavy atom. The van der Waals surface area contributed by atoms with E-state index in [1.54, 1.807) is 12.3 Å². The number of hydrogen-bond donors (Lipinski definition) is 2. The molecule has 0 radical (unpaired) electrons. The lowest BCUT2D eigenvalue weighted by Gasteiger charge is -2.32. The highest BCUT2D eigenvalue weighted by Crippen LogP contribution is 2.24. The average Bonchev–Trinajstić information content (AvgIpc) is 2.63. The third-order valence-electron chi connectivity index (χ3n) is 4.58. The number of carbonyl (C=O) groups is 1. The Morgan fingerprint density at radius 2 is 1.85 bits per heavy atom. The van der Waals surface area contributed by atoms with Gasteiger partial charge in [0, 0.05) is 36.7 Å². The van der Waals surface area contributed by atoms with Crippen LogP contribution in [0.2, 0.25) is 0 Å². The molecule has 0 unspecified atom stereocenters. The first-order valence-electron chi connectivity index (χ1n) is 9.27. The van der Waals surface area contributed by atoms with E-state index in [2.05, 4.69) is 44.6 Å². The Morgan fingerprint density at radius 3 is 2.50 bits per heavy atom. The maximum absolute atomic E-state index is 12.1. The molecule has 0 saturated carbocycles. The van der Waals surface area contributed by atoms with Crippen molar-refractivity contribution in [2.75, 3.05) is 23.3 Å². The van der Waals surface area contributed by atoms with Gasteiger partial charge in [-0.1, -0.05) is 6.92 Å². The van der Waals surface area contributed by atoms with Crippen LogP contribution in [0.4, 0.5) is 17.3 Å².